The van der Waals surface area contributed by atoms with Gasteiger partial charge < -0.3 is 0 Å². The number of rotatable bonds is 3. The standard InChI is InChI=1S/C10H9NO3/c1-8-9(5-3-7-12)4-2-6-10(8)11(13)14/h2-7H,1H3. The van der Waals surface area contributed by atoms with Crippen molar-refractivity contribution in [2.45, 2.75) is 6.92 Å². The number of carbonyl (C=O) groups is 1. The maximum atomic E-state index is 10.6. The van der Waals surface area contributed by atoms with E-state index < -0.39 is 4.92 Å². The van der Waals surface area contributed by atoms with E-state index in [1.807, 2.05) is 0 Å². The molecule has 14 heavy (non-hydrogen) atoms. The van der Waals surface area contributed by atoms with Crippen LogP contribution in [-0.2, 0) is 4.79 Å². The highest BCUT2D eigenvalue weighted by Crippen LogP contribution is 2.21. The summed E-state index contributed by atoms with van der Waals surface area (Å²) in [4.78, 5) is 20.2. The molecular formula is C10H9NO3. The topological polar surface area (TPSA) is 60.2 Å². The Hall–Kier alpha value is -1.97. The van der Waals surface area contributed by atoms with Gasteiger partial charge in [-0.2, -0.15) is 0 Å². The Morgan fingerprint density at radius 2 is 2.14 bits per heavy atom. The van der Waals surface area contributed by atoms with Gasteiger partial charge in [0.25, 0.3) is 5.69 Å². The molecule has 1 aromatic rings. The first kappa shape index (κ1) is 10.1. The molecule has 0 amide bonds. The van der Waals surface area contributed by atoms with Gasteiger partial charge in [0.1, 0.15) is 6.29 Å². The first-order valence-electron chi connectivity index (χ1n) is 4.02. The summed E-state index contributed by atoms with van der Waals surface area (Å²) in [6, 6.07) is 4.76. The summed E-state index contributed by atoms with van der Waals surface area (Å²) in [6.07, 6.45) is 3.50. The number of hydrogen-bond donors (Lipinski definition) is 0. The summed E-state index contributed by atoms with van der Waals surface area (Å²) in [7, 11) is 0. The lowest BCUT2D eigenvalue weighted by Crippen LogP contribution is -1.93. The van der Waals surface area contributed by atoms with Crippen LogP contribution in [-0.4, -0.2) is 11.2 Å². The molecular weight excluding hydrogens is 182 g/mol. The summed E-state index contributed by atoms with van der Waals surface area (Å²) in [5, 5.41) is 10.6. The monoisotopic (exact) mass is 191 g/mol. The zero-order chi connectivity index (χ0) is 10.6. The van der Waals surface area contributed by atoms with Crippen LogP contribution in [0, 0.1) is 17.0 Å². The van der Waals surface area contributed by atoms with Gasteiger partial charge in [-0.05, 0) is 18.6 Å². The van der Waals surface area contributed by atoms with Crippen LogP contribution < -0.4 is 0 Å². The second kappa shape index (κ2) is 4.32. The number of benzene rings is 1. The molecule has 0 aromatic heterocycles. The zero-order valence-corrected chi connectivity index (χ0v) is 7.64. The Bertz CT molecular complexity index is 396. The lowest BCUT2D eigenvalue weighted by molar-refractivity contribution is -0.385. The summed E-state index contributed by atoms with van der Waals surface area (Å²) in [6.45, 7) is 1.66. The average molecular weight is 191 g/mol. The molecule has 4 heteroatoms. The highest BCUT2D eigenvalue weighted by molar-refractivity contribution is 5.75. The van der Waals surface area contributed by atoms with E-state index in [2.05, 4.69) is 0 Å². The van der Waals surface area contributed by atoms with Gasteiger partial charge in [0.05, 0.1) is 4.92 Å². The van der Waals surface area contributed by atoms with Crippen molar-refractivity contribution in [3.63, 3.8) is 0 Å². The minimum atomic E-state index is -0.437. The van der Waals surface area contributed by atoms with E-state index in [4.69, 9.17) is 0 Å². The van der Waals surface area contributed by atoms with Crippen LogP contribution in [0.5, 0.6) is 0 Å². The van der Waals surface area contributed by atoms with Gasteiger partial charge in [0.15, 0.2) is 0 Å². The van der Waals surface area contributed by atoms with Crippen LogP contribution in [0.2, 0.25) is 0 Å². The van der Waals surface area contributed by atoms with Crippen LogP contribution in [0.4, 0.5) is 5.69 Å². The van der Waals surface area contributed by atoms with Gasteiger partial charge in [0.2, 0.25) is 0 Å². The number of allylic oxidation sites excluding steroid dienone is 1. The van der Waals surface area contributed by atoms with Crippen molar-refractivity contribution >= 4 is 18.0 Å². The summed E-state index contributed by atoms with van der Waals surface area (Å²) < 4.78 is 0. The zero-order valence-electron chi connectivity index (χ0n) is 7.64. The molecule has 0 atom stereocenters. The van der Waals surface area contributed by atoms with Crippen LogP contribution >= 0.6 is 0 Å². The summed E-state index contributed by atoms with van der Waals surface area (Å²) in [5.41, 5.74) is 1.32. The largest absolute Gasteiger partial charge is 0.299 e. The Kier molecular flexibility index (Phi) is 3.12. The van der Waals surface area contributed by atoms with Crippen molar-refractivity contribution in [1.29, 1.82) is 0 Å². The molecule has 0 heterocycles. The van der Waals surface area contributed by atoms with E-state index in [-0.39, 0.29) is 5.69 Å². The molecule has 0 aliphatic carbocycles. The maximum Gasteiger partial charge on any atom is 0.272 e. The molecule has 0 bridgehead atoms. The van der Waals surface area contributed by atoms with E-state index in [1.54, 1.807) is 25.1 Å². The number of nitro groups is 1. The van der Waals surface area contributed by atoms with E-state index in [0.717, 1.165) is 0 Å². The number of nitrogens with zero attached hydrogens (tertiary/aromatic N) is 1. The Balaban J connectivity index is 3.20. The average Bonchev–Trinajstić information content (AvgIpc) is 2.16. The molecule has 0 aliphatic rings. The number of aldehydes is 1. The van der Waals surface area contributed by atoms with Crippen LogP contribution in [0.25, 0.3) is 6.08 Å². The normalized spacial score (nSPS) is 10.4. The third-order valence-electron chi connectivity index (χ3n) is 1.90. The van der Waals surface area contributed by atoms with E-state index >= 15 is 0 Å². The number of nitro benzene ring substituents is 1. The fourth-order valence-electron chi connectivity index (χ4n) is 1.16. The Labute approximate surface area is 81.0 Å². The Morgan fingerprint density at radius 1 is 1.43 bits per heavy atom. The van der Waals surface area contributed by atoms with Gasteiger partial charge in [-0.3, -0.25) is 14.9 Å². The smallest absolute Gasteiger partial charge is 0.272 e. The lowest BCUT2D eigenvalue weighted by atomic mass is 10.1. The summed E-state index contributed by atoms with van der Waals surface area (Å²) >= 11 is 0. The minimum Gasteiger partial charge on any atom is -0.299 e. The predicted octanol–water partition coefficient (Wildman–Crippen LogP) is 2.12. The lowest BCUT2D eigenvalue weighted by Gasteiger charge is -2.00. The van der Waals surface area contributed by atoms with Crippen molar-refractivity contribution in [3.05, 3.63) is 45.5 Å². The molecule has 0 spiro atoms. The molecule has 0 saturated carbocycles. The molecule has 0 fully saturated rings. The summed E-state index contributed by atoms with van der Waals surface area (Å²) in [5.74, 6) is 0. The molecule has 0 radical (unpaired) electrons. The fourth-order valence-corrected chi connectivity index (χ4v) is 1.16. The number of carbonyl (C=O) groups excluding carboxylic acids is 1. The van der Waals surface area contributed by atoms with Crippen LogP contribution in [0.15, 0.2) is 24.3 Å². The first-order valence-corrected chi connectivity index (χ1v) is 4.02. The molecule has 0 N–H and O–H groups in total. The van der Waals surface area contributed by atoms with Gasteiger partial charge >= 0.3 is 0 Å². The van der Waals surface area contributed by atoms with E-state index in [1.165, 1.54) is 12.1 Å². The van der Waals surface area contributed by atoms with Crippen molar-refractivity contribution in [2.24, 2.45) is 0 Å². The van der Waals surface area contributed by atoms with E-state index in [0.29, 0.717) is 17.4 Å². The van der Waals surface area contributed by atoms with Gasteiger partial charge in [-0.1, -0.05) is 18.2 Å². The first-order chi connectivity index (χ1) is 6.66. The molecule has 0 aliphatic heterocycles. The Morgan fingerprint density at radius 3 is 2.71 bits per heavy atom. The maximum absolute atomic E-state index is 10.6. The van der Waals surface area contributed by atoms with Crippen LogP contribution in [0.1, 0.15) is 11.1 Å². The molecule has 1 aromatic carbocycles. The SMILES string of the molecule is Cc1c(C=CC=O)cccc1[N+](=O)[O-]. The van der Waals surface area contributed by atoms with Crippen molar-refractivity contribution in [1.82, 2.24) is 0 Å². The highest BCUT2D eigenvalue weighted by Gasteiger charge is 2.10. The molecule has 0 unspecified atom stereocenters. The quantitative estimate of drug-likeness (QED) is 0.318. The third-order valence-corrected chi connectivity index (χ3v) is 1.90. The minimum absolute atomic E-state index is 0.0676. The predicted molar refractivity (Wildman–Crippen MR) is 52.9 cm³/mol. The van der Waals surface area contributed by atoms with Gasteiger partial charge in [-0.25, -0.2) is 0 Å². The van der Waals surface area contributed by atoms with Crippen molar-refractivity contribution in [3.8, 4) is 0 Å². The molecule has 4 nitrogen and oxygen atoms in total. The van der Waals surface area contributed by atoms with Gasteiger partial charge in [-0.15, -0.1) is 0 Å². The van der Waals surface area contributed by atoms with E-state index in [9.17, 15) is 14.9 Å². The number of hydrogen-bond acceptors (Lipinski definition) is 3. The second-order valence-corrected chi connectivity index (χ2v) is 2.74. The second-order valence-electron chi connectivity index (χ2n) is 2.74. The molecule has 1 rings (SSSR count). The molecule has 72 valence electrons. The highest BCUT2D eigenvalue weighted by atomic mass is 16.6. The third kappa shape index (κ3) is 2.04. The fraction of sp³-hybridized carbons (Fsp3) is 0.100. The molecule has 0 saturated heterocycles. The van der Waals surface area contributed by atoms with Gasteiger partial charge in [0, 0.05) is 11.6 Å². The van der Waals surface area contributed by atoms with Crippen molar-refractivity contribution in [2.75, 3.05) is 0 Å². The van der Waals surface area contributed by atoms with Crippen molar-refractivity contribution < 1.29 is 9.72 Å². The van der Waals surface area contributed by atoms with Crippen LogP contribution in [0.3, 0.4) is 0 Å².